The highest BCUT2D eigenvalue weighted by atomic mass is 32.2. The summed E-state index contributed by atoms with van der Waals surface area (Å²) in [7, 11) is -3.83. The summed E-state index contributed by atoms with van der Waals surface area (Å²) in [5.41, 5.74) is 5.26. The Kier molecular flexibility index (Phi) is 5.79. The van der Waals surface area contributed by atoms with E-state index in [-0.39, 0.29) is 23.1 Å². The number of anilines is 2. The third kappa shape index (κ3) is 4.40. The summed E-state index contributed by atoms with van der Waals surface area (Å²) in [4.78, 5) is 12.9. The molecule has 32 heavy (non-hydrogen) atoms. The molecule has 0 aliphatic carbocycles. The van der Waals surface area contributed by atoms with Crippen LogP contribution in [-0.2, 0) is 10.0 Å². The molecule has 1 aliphatic heterocycles. The Morgan fingerprint density at radius 1 is 1.00 bits per heavy atom. The van der Waals surface area contributed by atoms with E-state index in [2.05, 4.69) is 10.0 Å². The predicted octanol–water partition coefficient (Wildman–Crippen LogP) is 4.90. The standard InChI is InChI=1S/C25H26N2O4S/c1-15-4-9-20(12-16(15)2)27-32(30,31)21-10-11-23-22(13-21)25(29)14-24(26-23)19-7-5-18(6-8-19)17(3)28/h4-13,17,24,26-28H,14H2,1-3H3. The Morgan fingerprint density at radius 3 is 2.38 bits per heavy atom. The van der Waals surface area contributed by atoms with E-state index in [0.717, 1.165) is 22.3 Å². The van der Waals surface area contributed by atoms with Gasteiger partial charge in [0.05, 0.1) is 17.0 Å². The van der Waals surface area contributed by atoms with Crippen LogP contribution < -0.4 is 10.0 Å². The molecule has 4 rings (SSSR count). The number of carbonyl (C=O) groups excluding carboxylic acids is 1. The molecule has 2 unspecified atom stereocenters. The van der Waals surface area contributed by atoms with Gasteiger partial charge in [0.1, 0.15) is 0 Å². The first-order valence-electron chi connectivity index (χ1n) is 10.5. The van der Waals surface area contributed by atoms with Gasteiger partial charge in [0, 0.05) is 23.4 Å². The lowest BCUT2D eigenvalue weighted by atomic mass is 9.92. The molecule has 0 radical (unpaired) electrons. The summed E-state index contributed by atoms with van der Waals surface area (Å²) in [6.07, 6.45) is -0.335. The smallest absolute Gasteiger partial charge is 0.261 e. The molecule has 6 nitrogen and oxygen atoms in total. The molecular formula is C25H26N2O4S. The molecule has 3 aromatic rings. The zero-order valence-corrected chi connectivity index (χ0v) is 19.0. The van der Waals surface area contributed by atoms with Crippen LogP contribution in [0.2, 0.25) is 0 Å². The normalized spacial score (nSPS) is 16.8. The quantitative estimate of drug-likeness (QED) is 0.514. The van der Waals surface area contributed by atoms with Crippen molar-refractivity contribution in [3.63, 3.8) is 0 Å². The summed E-state index contributed by atoms with van der Waals surface area (Å²) >= 11 is 0. The lowest BCUT2D eigenvalue weighted by molar-refractivity contribution is 0.0972. The molecule has 0 saturated heterocycles. The fraction of sp³-hybridized carbons (Fsp3) is 0.240. The fourth-order valence-electron chi connectivity index (χ4n) is 3.81. The average Bonchev–Trinajstić information content (AvgIpc) is 2.76. The van der Waals surface area contributed by atoms with E-state index in [1.54, 1.807) is 25.1 Å². The maximum Gasteiger partial charge on any atom is 0.261 e. The molecule has 3 N–H and O–H groups in total. The van der Waals surface area contributed by atoms with Crippen molar-refractivity contribution >= 4 is 27.2 Å². The Morgan fingerprint density at radius 2 is 1.72 bits per heavy atom. The summed E-state index contributed by atoms with van der Waals surface area (Å²) in [6, 6.07) is 17.2. The Balaban J connectivity index is 1.58. The van der Waals surface area contributed by atoms with Gasteiger partial charge in [-0.05, 0) is 73.4 Å². The third-order valence-electron chi connectivity index (χ3n) is 5.90. The van der Waals surface area contributed by atoms with E-state index in [4.69, 9.17) is 0 Å². The van der Waals surface area contributed by atoms with Gasteiger partial charge in [-0.15, -0.1) is 0 Å². The molecule has 0 spiro atoms. The molecule has 0 amide bonds. The van der Waals surface area contributed by atoms with Crippen LogP contribution >= 0.6 is 0 Å². The van der Waals surface area contributed by atoms with Gasteiger partial charge in [-0.2, -0.15) is 0 Å². The van der Waals surface area contributed by atoms with Crippen molar-refractivity contribution in [2.75, 3.05) is 10.0 Å². The predicted molar refractivity (Wildman–Crippen MR) is 126 cm³/mol. The van der Waals surface area contributed by atoms with Gasteiger partial charge in [-0.25, -0.2) is 8.42 Å². The maximum absolute atomic E-state index is 12.9. The number of hydrogen-bond acceptors (Lipinski definition) is 5. The number of aliphatic hydroxyl groups is 1. The SMILES string of the molecule is Cc1ccc(NS(=O)(=O)c2ccc3c(c2)C(=O)CC(c2ccc(C(C)O)cc2)N3)cc1C. The zero-order valence-electron chi connectivity index (χ0n) is 18.2. The minimum Gasteiger partial charge on any atom is -0.389 e. The van der Waals surface area contributed by atoms with Gasteiger partial charge in [-0.3, -0.25) is 9.52 Å². The van der Waals surface area contributed by atoms with Crippen molar-refractivity contribution in [3.05, 3.63) is 88.5 Å². The zero-order chi connectivity index (χ0) is 23.0. The van der Waals surface area contributed by atoms with Crippen molar-refractivity contribution in [2.45, 2.75) is 44.2 Å². The summed E-state index contributed by atoms with van der Waals surface area (Å²) in [6.45, 7) is 5.59. The second-order valence-corrected chi connectivity index (χ2v) is 9.96. The van der Waals surface area contributed by atoms with Gasteiger partial charge < -0.3 is 10.4 Å². The van der Waals surface area contributed by atoms with E-state index >= 15 is 0 Å². The van der Waals surface area contributed by atoms with Gasteiger partial charge >= 0.3 is 0 Å². The number of hydrogen-bond donors (Lipinski definition) is 3. The van der Waals surface area contributed by atoms with Crippen LogP contribution in [0.25, 0.3) is 0 Å². The molecule has 2 atom stereocenters. The number of nitrogens with one attached hydrogen (secondary N) is 2. The van der Waals surface area contributed by atoms with Crippen LogP contribution in [0, 0.1) is 13.8 Å². The largest absolute Gasteiger partial charge is 0.389 e. The molecule has 0 bridgehead atoms. The van der Waals surface area contributed by atoms with Crippen molar-refractivity contribution in [2.24, 2.45) is 0 Å². The number of carbonyl (C=O) groups is 1. The van der Waals surface area contributed by atoms with Crippen LogP contribution in [0.4, 0.5) is 11.4 Å². The molecule has 7 heteroatoms. The molecular weight excluding hydrogens is 424 g/mol. The maximum atomic E-state index is 12.9. The topological polar surface area (TPSA) is 95.5 Å². The van der Waals surface area contributed by atoms with Crippen LogP contribution in [0.15, 0.2) is 65.6 Å². The lowest BCUT2D eigenvalue weighted by Crippen LogP contribution is -2.23. The highest BCUT2D eigenvalue weighted by Gasteiger charge is 2.27. The van der Waals surface area contributed by atoms with Crippen molar-refractivity contribution in [1.82, 2.24) is 0 Å². The first-order valence-corrected chi connectivity index (χ1v) is 11.9. The Hall–Kier alpha value is -3.16. The Bertz CT molecular complexity index is 1280. The summed E-state index contributed by atoms with van der Waals surface area (Å²) in [5.74, 6) is -0.119. The number of ketones is 1. The minimum absolute atomic E-state index is 0.0457. The van der Waals surface area contributed by atoms with Crippen LogP contribution in [0.1, 0.15) is 58.1 Å². The molecule has 3 aromatic carbocycles. The van der Waals surface area contributed by atoms with Crippen LogP contribution in [0.5, 0.6) is 0 Å². The Labute approximate surface area is 188 Å². The number of fused-ring (bicyclic) bond motifs is 1. The second kappa shape index (κ2) is 8.41. The van der Waals surface area contributed by atoms with Gasteiger partial charge in [0.15, 0.2) is 5.78 Å². The van der Waals surface area contributed by atoms with Crippen molar-refractivity contribution in [3.8, 4) is 0 Å². The molecule has 0 saturated carbocycles. The molecule has 0 aromatic heterocycles. The fourth-order valence-corrected chi connectivity index (χ4v) is 4.88. The molecule has 1 aliphatic rings. The van der Waals surface area contributed by atoms with Crippen molar-refractivity contribution in [1.29, 1.82) is 0 Å². The number of rotatable bonds is 5. The van der Waals surface area contributed by atoms with E-state index < -0.39 is 16.1 Å². The van der Waals surface area contributed by atoms with Crippen molar-refractivity contribution < 1.29 is 18.3 Å². The number of Topliss-reactive ketones (excluding diaryl/α,β-unsaturated/α-hetero) is 1. The number of aliphatic hydroxyl groups excluding tert-OH is 1. The van der Waals surface area contributed by atoms with E-state index in [9.17, 15) is 18.3 Å². The number of sulfonamides is 1. The monoisotopic (exact) mass is 450 g/mol. The van der Waals surface area contributed by atoms with E-state index in [1.807, 2.05) is 44.2 Å². The minimum atomic E-state index is -3.83. The van der Waals surface area contributed by atoms with Crippen LogP contribution in [0.3, 0.4) is 0 Å². The van der Waals surface area contributed by atoms with Gasteiger partial charge in [-0.1, -0.05) is 30.3 Å². The molecule has 166 valence electrons. The lowest BCUT2D eigenvalue weighted by Gasteiger charge is -2.27. The molecule has 0 fully saturated rings. The second-order valence-electron chi connectivity index (χ2n) is 8.28. The molecule has 1 heterocycles. The first kappa shape index (κ1) is 22.0. The highest BCUT2D eigenvalue weighted by molar-refractivity contribution is 7.92. The number of aryl methyl sites for hydroxylation is 2. The number of benzene rings is 3. The third-order valence-corrected chi connectivity index (χ3v) is 7.28. The average molecular weight is 451 g/mol. The van der Waals surface area contributed by atoms with Gasteiger partial charge in [0.2, 0.25) is 0 Å². The van der Waals surface area contributed by atoms with Gasteiger partial charge in [0.25, 0.3) is 10.0 Å². The van der Waals surface area contributed by atoms with E-state index in [0.29, 0.717) is 16.9 Å². The highest BCUT2D eigenvalue weighted by Crippen LogP contribution is 2.34. The van der Waals surface area contributed by atoms with E-state index in [1.165, 1.54) is 12.1 Å². The summed E-state index contributed by atoms with van der Waals surface area (Å²) < 4.78 is 28.4. The van der Waals surface area contributed by atoms with Crippen LogP contribution in [-0.4, -0.2) is 19.3 Å². The summed E-state index contributed by atoms with van der Waals surface area (Å²) in [5, 5.41) is 13.0. The first-order chi connectivity index (χ1) is 15.1.